The Labute approximate surface area is 113 Å². The predicted molar refractivity (Wildman–Crippen MR) is 73.6 cm³/mol. The molecular weight excluding hydrogens is 243 g/mol. The number of hydrogen-bond acceptors (Lipinski definition) is 2. The van der Waals surface area contributed by atoms with Crippen molar-refractivity contribution in [2.45, 2.75) is 38.7 Å². The van der Waals surface area contributed by atoms with Crippen LogP contribution >= 0.6 is 0 Å². The Hall–Kier alpha value is -1.42. The highest BCUT2D eigenvalue weighted by Gasteiger charge is 2.13. The van der Waals surface area contributed by atoms with Crippen LogP contribution < -0.4 is 5.73 Å². The maximum absolute atomic E-state index is 13.7. The number of rotatable bonds is 5. The van der Waals surface area contributed by atoms with E-state index in [-0.39, 0.29) is 11.7 Å². The Morgan fingerprint density at radius 1 is 1.32 bits per heavy atom. The Kier molecular flexibility index (Phi) is 4.91. The normalized spacial score (nSPS) is 16.5. The molecule has 2 rings (SSSR count). The van der Waals surface area contributed by atoms with Crippen LogP contribution in [0.2, 0.25) is 0 Å². The van der Waals surface area contributed by atoms with E-state index in [0.29, 0.717) is 30.3 Å². The van der Waals surface area contributed by atoms with E-state index in [1.807, 2.05) is 0 Å². The van der Waals surface area contributed by atoms with Crippen molar-refractivity contribution < 1.29 is 9.13 Å². The number of nitrogens with one attached hydrogen (secondary N) is 1. The fourth-order valence-corrected chi connectivity index (χ4v) is 2.52. The van der Waals surface area contributed by atoms with E-state index in [2.05, 4.69) is 0 Å². The zero-order chi connectivity index (χ0) is 13.7. The molecule has 0 unspecified atom stereocenters. The first-order chi connectivity index (χ1) is 9.16. The second kappa shape index (κ2) is 6.66. The third-order valence-corrected chi connectivity index (χ3v) is 3.70. The Balaban J connectivity index is 1.83. The number of benzene rings is 1. The van der Waals surface area contributed by atoms with E-state index in [4.69, 9.17) is 15.9 Å². The van der Waals surface area contributed by atoms with Crippen LogP contribution in [0.5, 0.6) is 0 Å². The molecule has 0 atom stereocenters. The number of halogens is 1. The highest BCUT2D eigenvalue weighted by Crippen LogP contribution is 2.24. The van der Waals surface area contributed by atoms with Crippen molar-refractivity contribution in [1.29, 1.82) is 5.41 Å². The van der Waals surface area contributed by atoms with Gasteiger partial charge in [-0.25, -0.2) is 4.39 Å². The summed E-state index contributed by atoms with van der Waals surface area (Å²) in [7, 11) is 0. The lowest BCUT2D eigenvalue weighted by Crippen LogP contribution is -2.14. The molecule has 3 N–H and O–H groups in total. The number of hydrogen-bond donors (Lipinski definition) is 2. The van der Waals surface area contributed by atoms with Crippen molar-refractivity contribution in [1.82, 2.24) is 0 Å². The topological polar surface area (TPSA) is 59.1 Å². The van der Waals surface area contributed by atoms with E-state index < -0.39 is 0 Å². The number of amidine groups is 1. The summed E-state index contributed by atoms with van der Waals surface area (Å²) in [5.74, 6) is 0.165. The first-order valence-corrected chi connectivity index (χ1v) is 6.87. The number of nitrogens with two attached hydrogens (primary N) is 1. The van der Waals surface area contributed by atoms with Gasteiger partial charge in [0.2, 0.25) is 0 Å². The average molecular weight is 264 g/mol. The van der Waals surface area contributed by atoms with Gasteiger partial charge in [-0.3, -0.25) is 5.41 Å². The van der Waals surface area contributed by atoms with Gasteiger partial charge in [-0.2, -0.15) is 0 Å². The van der Waals surface area contributed by atoms with Crippen molar-refractivity contribution in [2.24, 2.45) is 11.7 Å². The van der Waals surface area contributed by atoms with Gasteiger partial charge in [-0.1, -0.05) is 31.4 Å². The fraction of sp³-hybridized carbons (Fsp3) is 0.533. The molecule has 104 valence electrons. The van der Waals surface area contributed by atoms with E-state index >= 15 is 0 Å². The van der Waals surface area contributed by atoms with E-state index in [1.165, 1.54) is 38.2 Å². The first-order valence-electron chi connectivity index (χ1n) is 6.87. The standard InChI is InChI=1S/C15H21FN2O/c16-14-8-12(15(17)18)6-7-13(14)10-19-9-11-4-2-1-3-5-11/h6-8,11H,1-5,9-10H2,(H3,17,18). The molecule has 4 heteroatoms. The molecule has 1 aromatic carbocycles. The van der Waals surface area contributed by atoms with E-state index in [0.717, 1.165) is 0 Å². The number of nitrogen functional groups attached to an aromatic ring is 1. The summed E-state index contributed by atoms with van der Waals surface area (Å²) in [5, 5.41) is 7.25. The molecule has 0 aromatic heterocycles. The van der Waals surface area contributed by atoms with Gasteiger partial charge in [0.05, 0.1) is 6.61 Å². The SMILES string of the molecule is N=C(N)c1ccc(COCC2CCCCC2)c(F)c1. The van der Waals surface area contributed by atoms with Crippen LogP contribution in [-0.4, -0.2) is 12.4 Å². The minimum absolute atomic E-state index is 0.117. The van der Waals surface area contributed by atoms with Crippen molar-refractivity contribution in [3.63, 3.8) is 0 Å². The summed E-state index contributed by atoms with van der Waals surface area (Å²) >= 11 is 0. The van der Waals surface area contributed by atoms with E-state index in [9.17, 15) is 4.39 Å². The maximum Gasteiger partial charge on any atom is 0.129 e. The summed E-state index contributed by atoms with van der Waals surface area (Å²) in [6.07, 6.45) is 6.36. The maximum atomic E-state index is 13.7. The van der Waals surface area contributed by atoms with Crippen LogP contribution in [0.25, 0.3) is 0 Å². The molecule has 1 aliphatic rings. The lowest BCUT2D eigenvalue weighted by molar-refractivity contribution is 0.0723. The largest absolute Gasteiger partial charge is 0.384 e. The van der Waals surface area contributed by atoms with Gasteiger partial charge in [0.15, 0.2) is 0 Å². The fourth-order valence-electron chi connectivity index (χ4n) is 2.52. The Bertz CT molecular complexity index is 442. The Morgan fingerprint density at radius 2 is 2.05 bits per heavy atom. The lowest BCUT2D eigenvalue weighted by Gasteiger charge is -2.21. The Morgan fingerprint density at radius 3 is 2.68 bits per heavy atom. The monoisotopic (exact) mass is 264 g/mol. The molecule has 0 saturated heterocycles. The third-order valence-electron chi connectivity index (χ3n) is 3.70. The average Bonchev–Trinajstić information content (AvgIpc) is 2.41. The van der Waals surface area contributed by atoms with Gasteiger partial charge < -0.3 is 10.5 Å². The third kappa shape index (κ3) is 4.03. The van der Waals surface area contributed by atoms with Gasteiger partial charge in [-0.15, -0.1) is 0 Å². The van der Waals surface area contributed by atoms with Crippen molar-refractivity contribution in [3.05, 3.63) is 35.1 Å². The predicted octanol–water partition coefficient (Wildman–Crippen LogP) is 3.21. The zero-order valence-electron chi connectivity index (χ0n) is 11.1. The van der Waals surface area contributed by atoms with Gasteiger partial charge in [0, 0.05) is 17.7 Å². The van der Waals surface area contributed by atoms with Gasteiger partial charge in [0.1, 0.15) is 11.7 Å². The van der Waals surface area contributed by atoms with Crippen LogP contribution in [0, 0.1) is 17.1 Å². The quantitative estimate of drug-likeness (QED) is 0.633. The summed E-state index contributed by atoms with van der Waals surface area (Å²) in [6, 6.07) is 4.60. The summed E-state index contributed by atoms with van der Waals surface area (Å²) in [4.78, 5) is 0. The van der Waals surface area contributed by atoms with Crippen LogP contribution in [0.15, 0.2) is 18.2 Å². The zero-order valence-corrected chi connectivity index (χ0v) is 11.1. The molecule has 19 heavy (non-hydrogen) atoms. The summed E-state index contributed by atoms with van der Waals surface area (Å²) in [5.41, 5.74) is 6.25. The molecule has 0 radical (unpaired) electrons. The first kappa shape index (κ1) is 14.0. The van der Waals surface area contributed by atoms with Gasteiger partial charge in [0.25, 0.3) is 0 Å². The lowest BCUT2D eigenvalue weighted by atomic mass is 9.90. The van der Waals surface area contributed by atoms with Crippen molar-refractivity contribution in [2.75, 3.05) is 6.61 Å². The molecule has 1 saturated carbocycles. The molecule has 0 bridgehead atoms. The second-order valence-electron chi connectivity index (χ2n) is 5.24. The molecule has 1 fully saturated rings. The molecule has 1 aliphatic carbocycles. The van der Waals surface area contributed by atoms with Crippen LogP contribution in [-0.2, 0) is 11.3 Å². The smallest absolute Gasteiger partial charge is 0.129 e. The van der Waals surface area contributed by atoms with Gasteiger partial charge >= 0.3 is 0 Å². The van der Waals surface area contributed by atoms with Crippen molar-refractivity contribution in [3.8, 4) is 0 Å². The molecule has 0 spiro atoms. The highest BCUT2D eigenvalue weighted by molar-refractivity contribution is 5.94. The molecule has 0 aliphatic heterocycles. The summed E-state index contributed by atoms with van der Waals surface area (Å²) in [6.45, 7) is 1.01. The molecule has 3 nitrogen and oxygen atoms in total. The minimum Gasteiger partial charge on any atom is -0.384 e. The number of ether oxygens (including phenoxy) is 1. The van der Waals surface area contributed by atoms with E-state index in [1.54, 1.807) is 12.1 Å². The second-order valence-corrected chi connectivity index (χ2v) is 5.24. The molecular formula is C15H21FN2O. The molecule has 1 aromatic rings. The molecule has 0 amide bonds. The molecule has 0 heterocycles. The van der Waals surface area contributed by atoms with Crippen LogP contribution in [0.4, 0.5) is 4.39 Å². The van der Waals surface area contributed by atoms with Crippen LogP contribution in [0.3, 0.4) is 0 Å². The van der Waals surface area contributed by atoms with Crippen LogP contribution in [0.1, 0.15) is 43.2 Å². The highest BCUT2D eigenvalue weighted by atomic mass is 19.1. The minimum atomic E-state index is -0.351. The van der Waals surface area contributed by atoms with Crippen molar-refractivity contribution >= 4 is 5.84 Å². The van der Waals surface area contributed by atoms with Gasteiger partial charge in [-0.05, 0) is 24.8 Å². The summed E-state index contributed by atoms with van der Waals surface area (Å²) < 4.78 is 19.4.